The highest BCUT2D eigenvalue weighted by Crippen LogP contribution is 2.37. The van der Waals surface area contributed by atoms with Crippen molar-refractivity contribution in [3.05, 3.63) is 0 Å². The minimum absolute atomic E-state index is 0.394. The van der Waals surface area contributed by atoms with E-state index < -0.39 is 34.1 Å². The van der Waals surface area contributed by atoms with Crippen molar-refractivity contribution in [2.45, 2.75) is 57.8 Å². The molecule has 1 saturated heterocycles. The second-order valence-electron chi connectivity index (χ2n) is 5.37. The molecule has 1 amide bonds. The molecular formula is C10H17NO5S. The van der Waals surface area contributed by atoms with Gasteiger partial charge in [0.05, 0.1) is 6.04 Å². The monoisotopic (exact) mass is 263 g/mol. The minimum atomic E-state index is -3.96. The molecule has 0 spiro atoms. The molecule has 7 heteroatoms. The molecular weight excluding hydrogens is 246 g/mol. The lowest BCUT2D eigenvalue weighted by Gasteiger charge is -2.25. The van der Waals surface area contributed by atoms with E-state index in [-0.39, 0.29) is 0 Å². The summed E-state index contributed by atoms with van der Waals surface area (Å²) in [6.45, 7) is 5.09. The van der Waals surface area contributed by atoms with Crippen LogP contribution in [0.4, 0.5) is 4.79 Å². The predicted molar refractivity (Wildman–Crippen MR) is 59.5 cm³/mol. The normalized spacial score (nSPS) is 31.4. The van der Waals surface area contributed by atoms with Crippen LogP contribution in [0.25, 0.3) is 0 Å². The fraction of sp³-hybridized carbons (Fsp3) is 0.900. The number of rotatable bonds is 0. The summed E-state index contributed by atoms with van der Waals surface area (Å²) in [5, 5.41) is 0. The zero-order chi connectivity index (χ0) is 12.8. The van der Waals surface area contributed by atoms with Crippen molar-refractivity contribution in [2.75, 3.05) is 0 Å². The van der Waals surface area contributed by atoms with Crippen LogP contribution in [0.15, 0.2) is 0 Å². The SMILES string of the molecule is CC(C)(C)OC(=O)N1[C@@H]2CCC[C@@H]2OS1(=O)=O. The van der Waals surface area contributed by atoms with Gasteiger partial charge in [-0.1, -0.05) is 0 Å². The van der Waals surface area contributed by atoms with Gasteiger partial charge in [-0.2, -0.15) is 12.7 Å². The van der Waals surface area contributed by atoms with E-state index in [9.17, 15) is 13.2 Å². The second-order valence-corrected chi connectivity index (χ2v) is 6.81. The molecule has 1 saturated carbocycles. The van der Waals surface area contributed by atoms with E-state index in [2.05, 4.69) is 0 Å². The van der Waals surface area contributed by atoms with Crippen molar-refractivity contribution in [3.63, 3.8) is 0 Å². The lowest BCUT2D eigenvalue weighted by Crippen LogP contribution is -2.42. The highest BCUT2D eigenvalue weighted by Gasteiger charge is 2.52. The van der Waals surface area contributed by atoms with E-state index in [1.54, 1.807) is 20.8 Å². The molecule has 0 unspecified atom stereocenters. The van der Waals surface area contributed by atoms with Gasteiger partial charge in [0.1, 0.15) is 11.7 Å². The number of hydrogen-bond donors (Lipinski definition) is 0. The molecule has 98 valence electrons. The highest BCUT2D eigenvalue weighted by atomic mass is 32.2. The van der Waals surface area contributed by atoms with Crippen molar-refractivity contribution in [1.29, 1.82) is 0 Å². The van der Waals surface area contributed by atoms with Crippen LogP contribution in [0.5, 0.6) is 0 Å². The first-order chi connectivity index (χ1) is 7.71. The van der Waals surface area contributed by atoms with Crippen molar-refractivity contribution >= 4 is 16.4 Å². The summed E-state index contributed by atoms with van der Waals surface area (Å²) in [6, 6.07) is -0.394. The van der Waals surface area contributed by atoms with E-state index in [4.69, 9.17) is 8.92 Å². The van der Waals surface area contributed by atoms with Crippen LogP contribution in [-0.2, 0) is 19.2 Å². The van der Waals surface area contributed by atoms with Gasteiger partial charge in [0.15, 0.2) is 0 Å². The van der Waals surface area contributed by atoms with Gasteiger partial charge in [0, 0.05) is 0 Å². The molecule has 0 N–H and O–H groups in total. The number of amides is 1. The van der Waals surface area contributed by atoms with E-state index >= 15 is 0 Å². The third kappa shape index (κ3) is 2.40. The van der Waals surface area contributed by atoms with Crippen LogP contribution in [0.3, 0.4) is 0 Å². The summed E-state index contributed by atoms with van der Waals surface area (Å²) < 4.78 is 34.2. The summed E-state index contributed by atoms with van der Waals surface area (Å²) in [5.41, 5.74) is -0.719. The molecule has 0 aromatic rings. The Morgan fingerprint density at radius 3 is 2.59 bits per heavy atom. The number of nitrogens with zero attached hydrogens (tertiary/aromatic N) is 1. The highest BCUT2D eigenvalue weighted by molar-refractivity contribution is 7.85. The van der Waals surface area contributed by atoms with Crippen LogP contribution >= 0.6 is 0 Å². The molecule has 2 aliphatic rings. The quantitative estimate of drug-likeness (QED) is 0.661. The first kappa shape index (κ1) is 12.6. The van der Waals surface area contributed by atoms with Crippen LogP contribution < -0.4 is 0 Å². The molecule has 0 radical (unpaired) electrons. The molecule has 1 aliphatic carbocycles. The molecule has 2 fully saturated rings. The maximum atomic E-state index is 11.9. The fourth-order valence-corrected chi connectivity index (χ4v) is 3.61. The zero-order valence-corrected chi connectivity index (χ0v) is 11.0. The van der Waals surface area contributed by atoms with Gasteiger partial charge in [-0.3, -0.25) is 0 Å². The molecule has 2 rings (SSSR count). The third-order valence-electron chi connectivity index (χ3n) is 2.78. The Balaban J connectivity index is 2.21. The number of carbonyl (C=O) groups excluding carboxylic acids is 1. The first-order valence-electron chi connectivity index (χ1n) is 5.66. The molecule has 1 aliphatic heterocycles. The molecule has 17 heavy (non-hydrogen) atoms. The Bertz CT molecular complexity index is 424. The topological polar surface area (TPSA) is 72.9 Å². The number of fused-ring (bicyclic) bond motifs is 1. The van der Waals surface area contributed by atoms with Gasteiger partial charge in [-0.25, -0.2) is 8.98 Å². The number of ether oxygens (including phenoxy) is 1. The van der Waals surface area contributed by atoms with Crippen LogP contribution in [0.2, 0.25) is 0 Å². The average Bonchev–Trinajstić information content (AvgIpc) is 2.55. The van der Waals surface area contributed by atoms with Crippen molar-refractivity contribution in [1.82, 2.24) is 4.31 Å². The number of carbonyl (C=O) groups is 1. The van der Waals surface area contributed by atoms with E-state index in [1.165, 1.54) is 0 Å². The Hall–Kier alpha value is -0.820. The van der Waals surface area contributed by atoms with Gasteiger partial charge in [0.25, 0.3) is 0 Å². The molecule has 0 aromatic carbocycles. The summed E-state index contributed by atoms with van der Waals surface area (Å²) in [6.07, 6.45) is 0.940. The second kappa shape index (κ2) is 3.84. The summed E-state index contributed by atoms with van der Waals surface area (Å²) >= 11 is 0. The zero-order valence-electron chi connectivity index (χ0n) is 10.2. The van der Waals surface area contributed by atoms with E-state index in [1.807, 2.05) is 0 Å². The molecule has 0 aromatic heterocycles. The summed E-state index contributed by atoms with van der Waals surface area (Å²) in [5.74, 6) is 0. The Morgan fingerprint density at radius 2 is 2.00 bits per heavy atom. The Labute approximate surface area is 101 Å². The van der Waals surface area contributed by atoms with Crippen LogP contribution in [0.1, 0.15) is 40.0 Å². The average molecular weight is 263 g/mol. The van der Waals surface area contributed by atoms with Gasteiger partial charge in [0.2, 0.25) is 0 Å². The van der Waals surface area contributed by atoms with Crippen molar-refractivity contribution in [2.24, 2.45) is 0 Å². The Morgan fingerprint density at radius 1 is 1.35 bits per heavy atom. The summed E-state index contributed by atoms with van der Waals surface area (Å²) in [7, 11) is -3.96. The van der Waals surface area contributed by atoms with E-state index in [0.29, 0.717) is 12.8 Å². The van der Waals surface area contributed by atoms with Crippen LogP contribution in [-0.4, -0.2) is 36.6 Å². The molecule has 1 heterocycles. The molecule has 2 atom stereocenters. The van der Waals surface area contributed by atoms with Gasteiger partial charge < -0.3 is 4.74 Å². The van der Waals surface area contributed by atoms with Crippen molar-refractivity contribution < 1.29 is 22.1 Å². The maximum absolute atomic E-state index is 11.9. The third-order valence-corrected chi connectivity index (χ3v) is 4.17. The predicted octanol–water partition coefficient (Wildman–Crippen LogP) is 1.42. The van der Waals surface area contributed by atoms with Gasteiger partial charge in [-0.15, -0.1) is 0 Å². The standard InChI is InChI=1S/C10H17NO5S/c1-10(2,3)15-9(12)11-7-5-4-6-8(7)16-17(11,13)14/h7-8H,4-6H2,1-3H3/t7-,8+/m1/s1. The lowest BCUT2D eigenvalue weighted by molar-refractivity contribution is 0.0348. The van der Waals surface area contributed by atoms with Crippen molar-refractivity contribution in [3.8, 4) is 0 Å². The Kier molecular flexibility index (Phi) is 2.86. The van der Waals surface area contributed by atoms with E-state index in [0.717, 1.165) is 10.7 Å². The fourth-order valence-electron chi connectivity index (χ4n) is 2.19. The molecule has 0 bridgehead atoms. The maximum Gasteiger partial charge on any atom is 0.426 e. The van der Waals surface area contributed by atoms with Gasteiger partial charge in [-0.05, 0) is 40.0 Å². The molecule has 6 nitrogen and oxygen atoms in total. The van der Waals surface area contributed by atoms with Gasteiger partial charge >= 0.3 is 16.4 Å². The minimum Gasteiger partial charge on any atom is -0.443 e. The lowest BCUT2D eigenvalue weighted by atomic mass is 10.2. The first-order valence-corrected chi connectivity index (χ1v) is 7.03. The smallest absolute Gasteiger partial charge is 0.426 e. The largest absolute Gasteiger partial charge is 0.443 e. The van der Waals surface area contributed by atoms with Crippen LogP contribution in [0, 0.1) is 0 Å². The summed E-state index contributed by atoms with van der Waals surface area (Å²) in [4.78, 5) is 11.9. The number of hydrogen-bond acceptors (Lipinski definition) is 5.